The van der Waals surface area contributed by atoms with Gasteiger partial charge in [0.1, 0.15) is 24.3 Å². The van der Waals surface area contributed by atoms with Crippen LogP contribution >= 0.6 is 0 Å². The van der Waals surface area contributed by atoms with Crippen molar-refractivity contribution < 1.29 is 70.1 Å². The third-order valence-electron chi connectivity index (χ3n) is 13.8. The molecule has 7 rings (SSSR count). The number of benzene rings is 4. The Balaban J connectivity index is 1.26. The van der Waals surface area contributed by atoms with E-state index in [-0.39, 0.29) is 75.8 Å². The van der Waals surface area contributed by atoms with Gasteiger partial charge in [-0.05, 0) is 109 Å². The van der Waals surface area contributed by atoms with E-state index in [0.29, 0.717) is 46.2 Å². The first-order chi connectivity index (χ1) is 34.7. The number of fused-ring (bicyclic) bond motifs is 3. The van der Waals surface area contributed by atoms with Gasteiger partial charge >= 0.3 is 30.6 Å². The Morgan fingerprint density at radius 3 is 1.75 bits per heavy atom. The number of nitrogens with one attached hydrogen (secondary N) is 3. The molecule has 0 aromatic heterocycles. The zero-order valence-corrected chi connectivity index (χ0v) is 39.8. The lowest BCUT2D eigenvalue weighted by Gasteiger charge is -2.37. The van der Waals surface area contributed by atoms with E-state index in [1.807, 2.05) is 0 Å². The third-order valence-corrected chi connectivity index (χ3v) is 13.8. The third kappa shape index (κ3) is 12.5. The Morgan fingerprint density at radius 2 is 1.21 bits per heavy atom. The molecule has 3 aliphatic rings. The molecule has 0 radical (unpaired) electrons. The number of rotatable bonds is 18. The van der Waals surface area contributed by atoms with Gasteiger partial charge in [0.25, 0.3) is 11.8 Å². The number of methoxy groups -OCH3 is 1. The highest BCUT2D eigenvalue weighted by Crippen LogP contribution is 2.56. The number of carbonyl (C=O) groups excluding carboxylic acids is 4. The zero-order valence-electron chi connectivity index (χ0n) is 39.8. The van der Waals surface area contributed by atoms with Crippen molar-refractivity contribution in [1.29, 1.82) is 0 Å². The van der Waals surface area contributed by atoms with Crippen LogP contribution in [0.5, 0.6) is 0 Å². The molecule has 390 valence electrons. The van der Waals surface area contributed by atoms with Gasteiger partial charge in [0.2, 0.25) is 5.91 Å². The van der Waals surface area contributed by atoms with E-state index in [9.17, 15) is 65.3 Å². The summed E-state index contributed by atoms with van der Waals surface area (Å²) >= 11 is 0. The minimum absolute atomic E-state index is 0.0165. The predicted molar refractivity (Wildman–Crippen MR) is 255 cm³/mol. The van der Waals surface area contributed by atoms with Crippen molar-refractivity contribution in [2.75, 3.05) is 30.4 Å². The summed E-state index contributed by atoms with van der Waals surface area (Å²) in [5.74, 6) is -1.90. The number of likely N-dealkylation sites (tertiary alicyclic amines) is 2. The number of carboxylic acid groups (broad SMARTS) is 2. The molecule has 1 aliphatic carbocycles. The number of nitrogens with zero attached hydrogens (tertiary/aromatic N) is 3. The van der Waals surface area contributed by atoms with Crippen molar-refractivity contribution in [1.82, 2.24) is 20.4 Å². The van der Waals surface area contributed by atoms with Crippen LogP contribution in [0.3, 0.4) is 0 Å². The van der Waals surface area contributed by atoms with Crippen molar-refractivity contribution in [3.63, 3.8) is 0 Å². The minimum Gasteiger partial charge on any atom is -0.465 e. The van der Waals surface area contributed by atoms with E-state index < -0.39 is 90.9 Å². The smallest absolute Gasteiger partial charge is 0.413 e. The van der Waals surface area contributed by atoms with Crippen LogP contribution in [-0.4, -0.2) is 101 Å². The van der Waals surface area contributed by atoms with Crippen LogP contribution in [-0.2, 0) is 24.5 Å². The summed E-state index contributed by atoms with van der Waals surface area (Å²) in [7, 11) is 1.13. The fourth-order valence-electron chi connectivity index (χ4n) is 10.6. The molecule has 73 heavy (non-hydrogen) atoms. The fourth-order valence-corrected chi connectivity index (χ4v) is 10.6. The van der Waals surface area contributed by atoms with Gasteiger partial charge in [-0.3, -0.25) is 19.3 Å². The fraction of sp³-hybridized carbons (Fsp3) is 0.423. The van der Waals surface area contributed by atoms with E-state index in [2.05, 4.69) is 16.0 Å². The number of anilines is 2. The number of unbranched alkanes of at least 4 members (excludes halogenated alkanes) is 2. The maximum absolute atomic E-state index is 14.4. The number of carbonyl (C=O) groups is 6. The van der Waals surface area contributed by atoms with E-state index in [1.165, 1.54) is 15.9 Å². The van der Waals surface area contributed by atoms with Gasteiger partial charge in [0.05, 0.1) is 7.11 Å². The first-order valence-electron chi connectivity index (χ1n) is 24.0. The number of ether oxygens (including phenoxy) is 1. The molecule has 2 saturated heterocycles. The number of alkyl halides is 6. The number of alkyl carbamates (subject to hydrolysis) is 1. The summed E-state index contributed by atoms with van der Waals surface area (Å²) in [6, 6.07) is 22.3. The predicted octanol–water partition coefficient (Wildman–Crippen LogP) is 10.7. The molecular weight excluding hydrogens is 967 g/mol. The molecule has 2 heterocycles. The van der Waals surface area contributed by atoms with Crippen LogP contribution in [0.15, 0.2) is 97.1 Å². The molecule has 2 aliphatic heterocycles. The van der Waals surface area contributed by atoms with E-state index in [4.69, 9.17) is 4.74 Å². The Labute approximate surface area is 416 Å². The Hall–Kier alpha value is -7.32. The van der Waals surface area contributed by atoms with Crippen molar-refractivity contribution in [2.45, 2.75) is 119 Å². The molecule has 5 N–H and O–H groups in total. The molecule has 15 nitrogen and oxygen atoms in total. The van der Waals surface area contributed by atoms with Crippen LogP contribution in [0, 0.1) is 0 Å². The van der Waals surface area contributed by atoms with Crippen molar-refractivity contribution in [3.05, 3.63) is 119 Å². The van der Waals surface area contributed by atoms with Gasteiger partial charge in [0.15, 0.2) is 0 Å². The van der Waals surface area contributed by atoms with Gasteiger partial charge in [-0.25, -0.2) is 14.4 Å². The molecule has 0 bridgehead atoms. The lowest BCUT2D eigenvalue weighted by molar-refractivity contribution is -0.138. The molecule has 21 heteroatoms. The lowest BCUT2D eigenvalue weighted by atomic mass is 9.70. The highest BCUT2D eigenvalue weighted by molar-refractivity contribution is 6.00. The van der Waals surface area contributed by atoms with Gasteiger partial charge in [-0.2, -0.15) is 26.3 Å². The first-order valence-corrected chi connectivity index (χ1v) is 24.0. The Kier molecular flexibility index (Phi) is 16.6. The molecule has 6 amide bonds. The quantitative estimate of drug-likeness (QED) is 0.0475. The molecular formula is C52H56F6N6O9. The van der Waals surface area contributed by atoms with Crippen molar-refractivity contribution >= 4 is 47.4 Å². The van der Waals surface area contributed by atoms with Crippen LogP contribution in [0.25, 0.3) is 11.1 Å². The van der Waals surface area contributed by atoms with Gasteiger partial charge in [0, 0.05) is 42.7 Å². The Bertz CT molecular complexity index is 2630. The van der Waals surface area contributed by atoms with Gasteiger partial charge < -0.3 is 40.7 Å². The summed E-state index contributed by atoms with van der Waals surface area (Å²) in [5.41, 5.74) is 1.70. The molecule has 3 unspecified atom stereocenters. The monoisotopic (exact) mass is 1020 g/mol. The summed E-state index contributed by atoms with van der Waals surface area (Å²) in [6.07, 6.45) is -15.8. The summed E-state index contributed by atoms with van der Waals surface area (Å²) in [6.45, 7) is 0.243. The highest BCUT2D eigenvalue weighted by atomic mass is 19.4. The number of hydrogen-bond acceptors (Lipinski definition) is 7. The molecule has 0 saturated carbocycles. The van der Waals surface area contributed by atoms with Gasteiger partial charge in [-0.1, -0.05) is 85.6 Å². The summed E-state index contributed by atoms with van der Waals surface area (Å²) in [4.78, 5) is 84.0. The number of halogens is 6. The summed E-state index contributed by atoms with van der Waals surface area (Å²) in [5, 5.41) is 28.2. The van der Waals surface area contributed by atoms with Crippen LogP contribution in [0.1, 0.15) is 111 Å². The molecule has 4 aromatic rings. The second-order valence-corrected chi connectivity index (χ2v) is 18.5. The second kappa shape index (κ2) is 22.6. The second-order valence-electron chi connectivity index (χ2n) is 18.5. The summed E-state index contributed by atoms with van der Waals surface area (Å²) < 4.78 is 86.5. The topological polar surface area (TPSA) is 198 Å². The lowest BCUT2D eigenvalue weighted by Crippen LogP contribution is -2.53. The Morgan fingerprint density at radius 1 is 0.685 bits per heavy atom. The number of amides is 6. The standard InChI is InChI=1S/C52H56F6N6O9/c1-73-48(70)61-43(33-16-6-3-7-17-33)46(67)63-29-13-19-41(63)64(49(71)72)35-21-23-37-36-22-20-34(59-44(65)40-18-12-28-62(40)45(66)42(60-47(68)69)32-14-4-2-5-15-32)30-38(36)50(39(37)31-35,24-8-10-26-51(53,54)55)25-9-11-27-52(56,57)58/h2-7,14-17,20-23,30-31,40-43,60H,8-13,18-19,24-29H2,1H3,(H,59,65)(H,61,70)(H,68,69)(H,71,72)/t40?,41?,42-,43?/m1/s1. The molecule has 0 spiro atoms. The van der Waals surface area contributed by atoms with Crippen molar-refractivity contribution in [2.24, 2.45) is 0 Å². The average Bonchev–Trinajstić information content (AvgIpc) is 4.10. The normalized spacial score (nSPS) is 17.7. The van der Waals surface area contributed by atoms with Crippen LogP contribution < -0.4 is 20.9 Å². The maximum Gasteiger partial charge on any atom is 0.413 e. The zero-order chi connectivity index (χ0) is 52.7. The maximum atomic E-state index is 14.4. The largest absolute Gasteiger partial charge is 0.465 e. The average molecular weight is 1020 g/mol. The molecule has 4 aromatic carbocycles. The molecule has 4 atom stereocenters. The van der Waals surface area contributed by atoms with Gasteiger partial charge in [-0.15, -0.1) is 0 Å². The van der Waals surface area contributed by atoms with Crippen LogP contribution in [0.4, 0.5) is 52.1 Å². The molecule has 2 fully saturated rings. The number of hydrogen-bond donors (Lipinski definition) is 5. The minimum atomic E-state index is -4.51. The highest BCUT2D eigenvalue weighted by Gasteiger charge is 2.46. The van der Waals surface area contributed by atoms with E-state index in [0.717, 1.165) is 12.0 Å². The first kappa shape index (κ1) is 53.5. The van der Waals surface area contributed by atoms with Crippen LogP contribution in [0.2, 0.25) is 0 Å². The SMILES string of the molecule is COC(=O)NC(C(=O)N1CCCC1N(C(=O)O)c1ccc2c(c1)C(CCCCC(F)(F)F)(CCCCC(F)(F)F)c1cc(NC(=O)C3CCCN3C(=O)[C@H](NC(=O)O)c3ccccc3)ccc1-2)c1ccccc1. The van der Waals surface area contributed by atoms with E-state index in [1.54, 1.807) is 91.0 Å². The van der Waals surface area contributed by atoms with Crippen molar-refractivity contribution in [3.8, 4) is 11.1 Å². The van der Waals surface area contributed by atoms with E-state index >= 15 is 0 Å².